The van der Waals surface area contributed by atoms with Gasteiger partial charge in [-0.05, 0) is 51.5 Å². The minimum absolute atomic E-state index is 0.0602. The quantitative estimate of drug-likeness (QED) is 0.147. The fourth-order valence-corrected chi connectivity index (χ4v) is 6.26. The predicted octanol–water partition coefficient (Wildman–Crippen LogP) is -1.03. The molecule has 1 atom stereocenters. The summed E-state index contributed by atoms with van der Waals surface area (Å²) in [6.45, 7) is 1.58. The third-order valence-electron chi connectivity index (χ3n) is 5.41. The lowest BCUT2D eigenvalue weighted by molar-refractivity contribution is 0.00802. The Hall–Kier alpha value is -0.290. The molecule has 0 bridgehead atoms. The zero-order valence-corrected chi connectivity index (χ0v) is 15.9. The van der Waals surface area contributed by atoms with Crippen molar-refractivity contribution < 1.29 is 23.7 Å². The van der Waals surface area contributed by atoms with E-state index >= 15 is 0 Å². The van der Waals surface area contributed by atoms with Crippen molar-refractivity contribution >= 4 is 9.84 Å². The van der Waals surface area contributed by atoms with Crippen LogP contribution in [0.4, 0.5) is 0 Å². The number of aliphatic hydroxyl groups is 3. The molecule has 2 aliphatic rings. The molecule has 1 unspecified atom stereocenters. The van der Waals surface area contributed by atoms with Gasteiger partial charge in [0, 0.05) is 26.7 Å². The van der Waals surface area contributed by atoms with Crippen molar-refractivity contribution in [2.75, 3.05) is 39.9 Å². The lowest BCUT2D eigenvalue weighted by atomic mass is 10.3. The Bertz CT molecular complexity index is 520. The number of sulfone groups is 1. The lowest BCUT2D eigenvalue weighted by Crippen LogP contribution is -2.44. The standard InChI is InChI=1S/C16H33N3O5S/c1-19(18-14(22)12-21)10-3-2-9-17-13-16(6-7-16)25(23,24)15(4-5-15)8-11-20/h14,17-18,20-22H,2-13H2,1H3. The number of nitrogens with one attached hydrogen (secondary N) is 2. The Morgan fingerprint density at radius 3 is 2.28 bits per heavy atom. The van der Waals surface area contributed by atoms with Crippen LogP contribution in [0.2, 0.25) is 0 Å². The van der Waals surface area contributed by atoms with Gasteiger partial charge in [-0.2, -0.15) is 0 Å². The van der Waals surface area contributed by atoms with E-state index in [9.17, 15) is 13.5 Å². The maximum absolute atomic E-state index is 12.9. The summed E-state index contributed by atoms with van der Waals surface area (Å²) in [6.07, 6.45) is 4.05. The van der Waals surface area contributed by atoms with Gasteiger partial charge in [-0.3, -0.25) is 0 Å². The van der Waals surface area contributed by atoms with Crippen LogP contribution in [0.15, 0.2) is 0 Å². The molecular weight excluding hydrogens is 346 g/mol. The van der Waals surface area contributed by atoms with Crippen LogP contribution in [0.1, 0.15) is 44.9 Å². The normalized spacial score (nSPS) is 22.1. The maximum Gasteiger partial charge on any atom is 0.163 e. The molecule has 148 valence electrons. The van der Waals surface area contributed by atoms with Gasteiger partial charge in [0.1, 0.15) is 6.23 Å². The van der Waals surface area contributed by atoms with Gasteiger partial charge in [0.05, 0.1) is 16.1 Å². The predicted molar refractivity (Wildman–Crippen MR) is 95.5 cm³/mol. The van der Waals surface area contributed by atoms with Crippen molar-refractivity contribution in [1.82, 2.24) is 15.8 Å². The number of unbranched alkanes of at least 4 members (excludes halogenated alkanes) is 1. The van der Waals surface area contributed by atoms with Gasteiger partial charge in [0.25, 0.3) is 0 Å². The second-order valence-electron chi connectivity index (χ2n) is 7.48. The lowest BCUT2D eigenvalue weighted by Gasteiger charge is -2.24. The second kappa shape index (κ2) is 8.60. The molecule has 0 amide bonds. The summed E-state index contributed by atoms with van der Waals surface area (Å²) in [4.78, 5) is 0. The zero-order chi connectivity index (χ0) is 18.6. The number of nitrogens with zero attached hydrogens (tertiary/aromatic N) is 1. The molecule has 25 heavy (non-hydrogen) atoms. The summed E-state index contributed by atoms with van der Waals surface area (Å²) >= 11 is 0. The average Bonchev–Trinajstić information content (AvgIpc) is 3.46. The topological polar surface area (TPSA) is 122 Å². The smallest absolute Gasteiger partial charge is 0.163 e. The highest BCUT2D eigenvalue weighted by molar-refractivity contribution is 7.94. The van der Waals surface area contributed by atoms with Gasteiger partial charge in [0.15, 0.2) is 9.84 Å². The largest absolute Gasteiger partial charge is 0.396 e. The van der Waals surface area contributed by atoms with Crippen LogP contribution in [0.5, 0.6) is 0 Å². The third kappa shape index (κ3) is 4.91. The molecule has 0 heterocycles. The Kier molecular flexibility index (Phi) is 7.23. The summed E-state index contributed by atoms with van der Waals surface area (Å²) < 4.78 is 24.6. The van der Waals surface area contributed by atoms with Gasteiger partial charge in [-0.1, -0.05) is 0 Å². The van der Waals surface area contributed by atoms with Crippen molar-refractivity contribution in [3.05, 3.63) is 0 Å². The monoisotopic (exact) mass is 379 g/mol. The molecule has 2 fully saturated rings. The van der Waals surface area contributed by atoms with Gasteiger partial charge in [0.2, 0.25) is 0 Å². The van der Waals surface area contributed by atoms with Crippen LogP contribution in [-0.4, -0.2) is 84.4 Å². The van der Waals surface area contributed by atoms with E-state index in [1.807, 2.05) is 0 Å². The number of hydrazine groups is 1. The van der Waals surface area contributed by atoms with E-state index in [0.29, 0.717) is 25.8 Å². The minimum Gasteiger partial charge on any atom is -0.396 e. The molecular formula is C16H33N3O5S. The van der Waals surface area contributed by atoms with Crippen LogP contribution in [0.3, 0.4) is 0 Å². The van der Waals surface area contributed by atoms with E-state index in [4.69, 9.17) is 10.2 Å². The fraction of sp³-hybridized carbons (Fsp3) is 1.00. The van der Waals surface area contributed by atoms with E-state index in [-0.39, 0.29) is 13.2 Å². The van der Waals surface area contributed by atoms with Crippen molar-refractivity contribution in [3.63, 3.8) is 0 Å². The Labute approximate surface area is 150 Å². The van der Waals surface area contributed by atoms with Crippen molar-refractivity contribution in [1.29, 1.82) is 0 Å². The highest BCUT2D eigenvalue weighted by Crippen LogP contribution is 2.57. The SMILES string of the molecule is CN(CCCCNCC1(S(=O)(=O)C2(CCO)CC2)CC1)NC(O)CO. The third-order valence-corrected chi connectivity index (χ3v) is 8.85. The number of hydrogen-bond donors (Lipinski definition) is 5. The first kappa shape index (κ1) is 21.0. The molecule has 9 heteroatoms. The molecule has 0 spiro atoms. The number of aliphatic hydroxyl groups excluding tert-OH is 3. The van der Waals surface area contributed by atoms with E-state index in [1.54, 1.807) is 12.1 Å². The van der Waals surface area contributed by atoms with Gasteiger partial charge >= 0.3 is 0 Å². The molecule has 0 aromatic carbocycles. The first-order chi connectivity index (χ1) is 11.8. The second-order valence-corrected chi connectivity index (χ2v) is 10.2. The van der Waals surface area contributed by atoms with Crippen LogP contribution in [-0.2, 0) is 9.84 Å². The fourth-order valence-electron chi connectivity index (χ4n) is 3.41. The molecule has 0 aromatic heterocycles. The molecule has 2 rings (SSSR count). The van der Waals surface area contributed by atoms with Crippen LogP contribution >= 0.6 is 0 Å². The maximum atomic E-state index is 12.9. The summed E-state index contributed by atoms with van der Waals surface area (Å²) in [7, 11) is -1.39. The Balaban J connectivity index is 1.65. The van der Waals surface area contributed by atoms with Gasteiger partial charge < -0.3 is 20.6 Å². The molecule has 5 N–H and O–H groups in total. The summed E-state index contributed by atoms with van der Waals surface area (Å²) in [6, 6.07) is 0. The van der Waals surface area contributed by atoms with E-state index in [1.165, 1.54) is 0 Å². The summed E-state index contributed by atoms with van der Waals surface area (Å²) in [5.41, 5.74) is 2.73. The minimum atomic E-state index is -3.19. The molecule has 8 nitrogen and oxygen atoms in total. The Morgan fingerprint density at radius 1 is 1.12 bits per heavy atom. The summed E-state index contributed by atoms with van der Waals surface area (Å²) in [5.74, 6) is 0. The molecule has 2 aliphatic carbocycles. The first-order valence-electron chi connectivity index (χ1n) is 9.14. The molecule has 0 radical (unpaired) electrons. The highest BCUT2D eigenvalue weighted by Gasteiger charge is 2.66. The van der Waals surface area contributed by atoms with Crippen LogP contribution in [0.25, 0.3) is 0 Å². The highest BCUT2D eigenvalue weighted by atomic mass is 32.2. The zero-order valence-electron chi connectivity index (χ0n) is 15.1. The molecule has 0 saturated heterocycles. The van der Waals surface area contributed by atoms with Crippen molar-refractivity contribution in [2.24, 2.45) is 0 Å². The average molecular weight is 380 g/mol. The Morgan fingerprint density at radius 2 is 1.76 bits per heavy atom. The first-order valence-corrected chi connectivity index (χ1v) is 10.6. The van der Waals surface area contributed by atoms with Crippen LogP contribution in [0, 0.1) is 0 Å². The number of rotatable bonds is 14. The van der Waals surface area contributed by atoms with Gasteiger partial charge in [-0.15, -0.1) is 0 Å². The molecule has 0 aromatic rings. The number of hydrogen-bond acceptors (Lipinski definition) is 8. The van der Waals surface area contributed by atoms with Crippen molar-refractivity contribution in [3.8, 4) is 0 Å². The molecule has 2 saturated carbocycles. The van der Waals surface area contributed by atoms with Crippen LogP contribution < -0.4 is 10.7 Å². The van der Waals surface area contributed by atoms with Gasteiger partial charge in [-0.25, -0.2) is 18.9 Å². The van der Waals surface area contributed by atoms with E-state index in [2.05, 4.69) is 10.7 Å². The van der Waals surface area contributed by atoms with Crippen molar-refractivity contribution in [2.45, 2.75) is 60.7 Å². The van der Waals surface area contributed by atoms with E-state index < -0.39 is 25.6 Å². The molecule has 0 aliphatic heterocycles. The summed E-state index contributed by atoms with van der Waals surface area (Å²) in [5, 5.41) is 32.2. The van der Waals surface area contributed by atoms with E-state index in [0.717, 1.165) is 38.8 Å².